The average molecular weight is 396 g/mol. The number of anilines is 2. The third kappa shape index (κ3) is 5.51. The number of likely N-dealkylation sites (N-methyl/N-ethyl adjacent to an activating group) is 1. The van der Waals surface area contributed by atoms with Crippen molar-refractivity contribution in [2.45, 2.75) is 33.6 Å². The second kappa shape index (κ2) is 9.31. The molecule has 1 saturated heterocycles. The van der Waals surface area contributed by atoms with Crippen molar-refractivity contribution in [3.63, 3.8) is 0 Å². The molecule has 2 aromatic carbocycles. The van der Waals surface area contributed by atoms with Crippen molar-refractivity contribution >= 4 is 17.3 Å². The van der Waals surface area contributed by atoms with Gasteiger partial charge in [-0.15, -0.1) is 0 Å². The molecule has 0 aromatic heterocycles. The Morgan fingerprint density at radius 3 is 2.38 bits per heavy atom. The minimum absolute atomic E-state index is 0.000115. The number of ether oxygens (including phenoxy) is 1. The molecule has 0 aliphatic carbocycles. The number of amides is 1. The average Bonchev–Trinajstić information content (AvgIpc) is 2.68. The van der Waals surface area contributed by atoms with Crippen molar-refractivity contribution in [3.05, 3.63) is 53.1 Å². The summed E-state index contributed by atoms with van der Waals surface area (Å²) in [6.45, 7) is 12.7. The molecule has 0 radical (unpaired) electrons. The predicted octanol–water partition coefficient (Wildman–Crippen LogP) is 4.20. The summed E-state index contributed by atoms with van der Waals surface area (Å²) >= 11 is 0. The molecule has 0 unspecified atom stereocenters. The number of benzene rings is 2. The van der Waals surface area contributed by atoms with E-state index in [9.17, 15) is 4.79 Å². The predicted molar refractivity (Wildman–Crippen MR) is 120 cm³/mol. The van der Waals surface area contributed by atoms with Gasteiger partial charge < -0.3 is 19.9 Å². The van der Waals surface area contributed by atoms with Crippen molar-refractivity contribution in [1.29, 1.82) is 0 Å². The van der Waals surface area contributed by atoms with Gasteiger partial charge >= 0.3 is 0 Å². The minimum atomic E-state index is -0.147. The van der Waals surface area contributed by atoms with Gasteiger partial charge in [0.05, 0.1) is 0 Å². The lowest BCUT2D eigenvalue weighted by Gasteiger charge is -2.34. The third-order valence-electron chi connectivity index (χ3n) is 5.59. The van der Waals surface area contributed by atoms with Crippen molar-refractivity contribution in [1.82, 2.24) is 4.90 Å². The highest BCUT2D eigenvalue weighted by Crippen LogP contribution is 2.25. The number of rotatable bonds is 6. The molecule has 29 heavy (non-hydrogen) atoms. The standard InChI is InChI=1S/C24H33N3O2/c1-17(2)22-8-7-21(15-18(22)3)29-16-24(28)25-23-9-6-20(14-19(23)4)27-12-10-26(5)11-13-27/h6-9,14-15,17H,10-13,16H2,1-5H3,(H,25,28). The summed E-state index contributed by atoms with van der Waals surface area (Å²) in [6, 6.07) is 12.2. The maximum Gasteiger partial charge on any atom is 0.262 e. The molecule has 1 fully saturated rings. The van der Waals surface area contributed by atoms with Gasteiger partial charge in [0, 0.05) is 37.6 Å². The van der Waals surface area contributed by atoms with Gasteiger partial charge in [-0.1, -0.05) is 19.9 Å². The normalized spacial score (nSPS) is 14.9. The van der Waals surface area contributed by atoms with Crippen molar-refractivity contribution in [3.8, 4) is 5.75 Å². The maximum atomic E-state index is 12.4. The van der Waals surface area contributed by atoms with Crippen LogP contribution in [0.3, 0.4) is 0 Å². The van der Waals surface area contributed by atoms with E-state index in [1.165, 1.54) is 16.8 Å². The highest BCUT2D eigenvalue weighted by molar-refractivity contribution is 5.92. The second-order valence-corrected chi connectivity index (χ2v) is 8.30. The summed E-state index contributed by atoms with van der Waals surface area (Å²) in [6.07, 6.45) is 0. The Morgan fingerprint density at radius 2 is 1.76 bits per heavy atom. The van der Waals surface area contributed by atoms with Crippen LogP contribution < -0.4 is 15.0 Å². The maximum absolute atomic E-state index is 12.4. The van der Waals surface area contributed by atoms with Gasteiger partial charge in [-0.3, -0.25) is 4.79 Å². The highest BCUT2D eigenvalue weighted by Gasteiger charge is 2.15. The Morgan fingerprint density at radius 1 is 1.03 bits per heavy atom. The lowest BCUT2D eigenvalue weighted by atomic mass is 9.98. The molecular weight excluding hydrogens is 362 g/mol. The van der Waals surface area contributed by atoms with E-state index >= 15 is 0 Å². The van der Waals surface area contributed by atoms with E-state index in [1.54, 1.807) is 0 Å². The minimum Gasteiger partial charge on any atom is -0.484 e. The number of hydrogen-bond donors (Lipinski definition) is 1. The number of hydrogen-bond acceptors (Lipinski definition) is 4. The zero-order chi connectivity index (χ0) is 21.0. The van der Waals surface area contributed by atoms with E-state index < -0.39 is 0 Å². The van der Waals surface area contributed by atoms with Gasteiger partial charge in [0.2, 0.25) is 0 Å². The zero-order valence-electron chi connectivity index (χ0n) is 18.3. The van der Waals surface area contributed by atoms with E-state index in [1.807, 2.05) is 25.1 Å². The fourth-order valence-corrected chi connectivity index (χ4v) is 3.77. The quantitative estimate of drug-likeness (QED) is 0.796. The Balaban J connectivity index is 1.56. The number of aryl methyl sites for hydroxylation is 2. The van der Waals surface area contributed by atoms with Crippen LogP contribution in [0.4, 0.5) is 11.4 Å². The number of carbonyl (C=O) groups is 1. The monoisotopic (exact) mass is 395 g/mol. The Bertz CT molecular complexity index is 855. The molecule has 1 amide bonds. The molecule has 5 nitrogen and oxygen atoms in total. The molecule has 1 aliphatic heterocycles. The number of piperazine rings is 1. The van der Waals surface area contributed by atoms with Gasteiger partial charge in [-0.25, -0.2) is 0 Å². The van der Waals surface area contributed by atoms with Crippen molar-refractivity contribution in [2.75, 3.05) is 50.1 Å². The summed E-state index contributed by atoms with van der Waals surface area (Å²) in [5.41, 5.74) is 5.60. The van der Waals surface area contributed by atoms with Crippen LogP contribution in [-0.2, 0) is 4.79 Å². The zero-order valence-corrected chi connectivity index (χ0v) is 18.3. The van der Waals surface area contributed by atoms with Gasteiger partial charge in [-0.05, 0) is 73.8 Å². The van der Waals surface area contributed by atoms with Gasteiger partial charge in [0.15, 0.2) is 6.61 Å². The first-order valence-electron chi connectivity index (χ1n) is 10.4. The van der Waals surface area contributed by atoms with Crippen LogP contribution in [0.15, 0.2) is 36.4 Å². The SMILES string of the molecule is Cc1cc(N2CCN(C)CC2)ccc1NC(=O)COc1ccc(C(C)C)c(C)c1. The summed E-state index contributed by atoms with van der Waals surface area (Å²) in [7, 11) is 2.16. The Labute approximate surface area is 174 Å². The first-order chi connectivity index (χ1) is 13.8. The number of carbonyl (C=O) groups excluding carboxylic acids is 1. The summed E-state index contributed by atoms with van der Waals surface area (Å²) in [4.78, 5) is 17.1. The molecule has 1 aliphatic rings. The fourth-order valence-electron chi connectivity index (χ4n) is 3.77. The fraction of sp³-hybridized carbons (Fsp3) is 0.458. The van der Waals surface area contributed by atoms with Crippen LogP contribution in [-0.4, -0.2) is 50.6 Å². The summed E-state index contributed by atoms with van der Waals surface area (Å²) in [5, 5.41) is 2.97. The van der Waals surface area contributed by atoms with Crippen LogP contribution >= 0.6 is 0 Å². The smallest absolute Gasteiger partial charge is 0.262 e. The Kier molecular flexibility index (Phi) is 6.80. The van der Waals surface area contributed by atoms with Crippen LogP contribution in [0, 0.1) is 13.8 Å². The van der Waals surface area contributed by atoms with Crippen LogP contribution in [0.2, 0.25) is 0 Å². The van der Waals surface area contributed by atoms with Crippen LogP contribution in [0.5, 0.6) is 5.75 Å². The Hall–Kier alpha value is -2.53. The number of nitrogens with zero attached hydrogens (tertiary/aromatic N) is 2. The molecule has 0 bridgehead atoms. The van der Waals surface area contributed by atoms with E-state index in [2.05, 4.69) is 61.1 Å². The van der Waals surface area contributed by atoms with Gasteiger partial charge in [0.25, 0.3) is 5.91 Å². The molecule has 0 atom stereocenters. The van der Waals surface area contributed by atoms with Gasteiger partial charge in [-0.2, -0.15) is 0 Å². The topological polar surface area (TPSA) is 44.8 Å². The first kappa shape index (κ1) is 21.2. The molecular formula is C24H33N3O2. The lowest BCUT2D eigenvalue weighted by Crippen LogP contribution is -2.44. The molecule has 1 heterocycles. The van der Waals surface area contributed by atoms with Gasteiger partial charge in [0.1, 0.15) is 5.75 Å². The molecule has 3 rings (SSSR count). The van der Waals surface area contributed by atoms with E-state index in [4.69, 9.17) is 4.74 Å². The van der Waals surface area contributed by atoms with Crippen LogP contribution in [0.25, 0.3) is 0 Å². The summed E-state index contributed by atoms with van der Waals surface area (Å²) < 4.78 is 5.70. The number of nitrogens with one attached hydrogen (secondary N) is 1. The van der Waals surface area contributed by atoms with Crippen molar-refractivity contribution in [2.24, 2.45) is 0 Å². The highest BCUT2D eigenvalue weighted by atomic mass is 16.5. The first-order valence-corrected chi connectivity index (χ1v) is 10.4. The molecule has 1 N–H and O–H groups in total. The van der Waals surface area contributed by atoms with E-state index in [-0.39, 0.29) is 12.5 Å². The van der Waals surface area contributed by atoms with E-state index in [0.717, 1.165) is 43.2 Å². The largest absolute Gasteiger partial charge is 0.484 e. The second-order valence-electron chi connectivity index (χ2n) is 8.30. The molecule has 5 heteroatoms. The molecule has 2 aromatic rings. The van der Waals surface area contributed by atoms with Crippen LogP contribution in [0.1, 0.15) is 36.5 Å². The lowest BCUT2D eigenvalue weighted by molar-refractivity contribution is -0.118. The molecule has 156 valence electrons. The molecule has 0 saturated carbocycles. The summed E-state index contributed by atoms with van der Waals surface area (Å²) in [5.74, 6) is 1.05. The van der Waals surface area contributed by atoms with E-state index in [0.29, 0.717) is 5.92 Å². The van der Waals surface area contributed by atoms with Crippen molar-refractivity contribution < 1.29 is 9.53 Å². The third-order valence-corrected chi connectivity index (χ3v) is 5.59. The molecule has 0 spiro atoms.